The second-order valence-corrected chi connectivity index (χ2v) is 4.71. The number of hydrogen-bond acceptors (Lipinski definition) is 1. The van der Waals surface area contributed by atoms with Gasteiger partial charge in [0.2, 0.25) is 0 Å². The van der Waals surface area contributed by atoms with Crippen molar-refractivity contribution in [2.75, 3.05) is 13.1 Å². The van der Waals surface area contributed by atoms with Crippen molar-refractivity contribution in [2.45, 2.75) is 43.5 Å². The van der Waals surface area contributed by atoms with Gasteiger partial charge in [-0.2, -0.15) is 0 Å². The van der Waals surface area contributed by atoms with Crippen molar-refractivity contribution in [2.24, 2.45) is 0 Å². The lowest BCUT2D eigenvalue weighted by Gasteiger charge is -2.08. The molecule has 1 atom stereocenters. The minimum Gasteiger partial charge on any atom is -0.316 e. The van der Waals surface area contributed by atoms with Crippen LogP contribution in [0.1, 0.15) is 39.5 Å². The highest BCUT2D eigenvalue weighted by molar-refractivity contribution is 14.1. The Morgan fingerprint density at radius 2 is 2.00 bits per heavy atom. The lowest BCUT2D eigenvalue weighted by molar-refractivity contribution is 0.614. The van der Waals surface area contributed by atoms with Crippen molar-refractivity contribution in [3.63, 3.8) is 0 Å². The predicted octanol–water partition coefficient (Wildman–Crippen LogP) is 2.98. The van der Waals surface area contributed by atoms with Crippen LogP contribution in [0.3, 0.4) is 0 Å². The number of unbranched alkanes of at least 4 members (excludes halogenated alkanes) is 1. The van der Waals surface area contributed by atoms with Gasteiger partial charge in [0, 0.05) is 10.5 Å². The molecule has 0 spiro atoms. The third-order valence-electron chi connectivity index (χ3n) is 1.67. The van der Waals surface area contributed by atoms with Crippen molar-refractivity contribution >= 4 is 22.6 Å². The molecular formula is C9H20IN. The normalized spacial score (nSPS) is 13.4. The fourth-order valence-corrected chi connectivity index (χ4v) is 1.91. The van der Waals surface area contributed by atoms with Gasteiger partial charge in [-0.05, 0) is 19.4 Å². The maximum absolute atomic E-state index is 3.46. The van der Waals surface area contributed by atoms with Crippen LogP contribution in [0.2, 0.25) is 0 Å². The quantitative estimate of drug-likeness (QED) is 0.425. The van der Waals surface area contributed by atoms with E-state index in [0.717, 1.165) is 3.92 Å². The molecule has 1 N–H and O–H groups in total. The van der Waals surface area contributed by atoms with Crippen LogP contribution in [0, 0.1) is 0 Å². The van der Waals surface area contributed by atoms with E-state index < -0.39 is 0 Å². The molecule has 0 aromatic heterocycles. The van der Waals surface area contributed by atoms with E-state index >= 15 is 0 Å². The average Bonchev–Trinajstić information content (AvgIpc) is 1.99. The van der Waals surface area contributed by atoms with Gasteiger partial charge in [-0.3, -0.25) is 0 Å². The summed E-state index contributed by atoms with van der Waals surface area (Å²) >= 11 is 2.53. The SMILES string of the molecule is CCCCNC[C@@H](I)CCC. The van der Waals surface area contributed by atoms with Crippen LogP contribution in [0.4, 0.5) is 0 Å². The van der Waals surface area contributed by atoms with Crippen molar-refractivity contribution < 1.29 is 0 Å². The molecule has 0 aromatic rings. The highest BCUT2D eigenvalue weighted by Gasteiger charge is 1.99. The van der Waals surface area contributed by atoms with Crippen molar-refractivity contribution in [1.29, 1.82) is 0 Å². The van der Waals surface area contributed by atoms with Crippen LogP contribution in [-0.2, 0) is 0 Å². The van der Waals surface area contributed by atoms with Crippen molar-refractivity contribution in [3.8, 4) is 0 Å². The Bertz CT molecular complexity index is 76.0. The Hall–Kier alpha value is 0.690. The molecule has 0 aliphatic heterocycles. The molecule has 0 saturated heterocycles. The van der Waals surface area contributed by atoms with Crippen LogP contribution < -0.4 is 5.32 Å². The van der Waals surface area contributed by atoms with Gasteiger partial charge in [0.15, 0.2) is 0 Å². The molecule has 0 bridgehead atoms. The monoisotopic (exact) mass is 269 g/mol. The molecule has 2 heteroatoms. The summed E-state index contributed by atoms with van der Waals surface area (Å²) in [6.45, 7) is 6.86. The van der Waals surface area contributed by atoms with E-state index in [0.29, 0.717) is 0 Å². The number of rotatable bonds is 7. The van der Waals surface area contributed by atoms with Gasteiger partial charge < -0.3 is 5.32 Å². The first-order valence-corrected chi connectivity index (χ1v) is 5.90. The summed E-state index contributed by atoms with van der Waals surface area (Å²) in [4.78, 5) is 0. The Labute approximate surface area is 84.5 Å². The lowest BCUT2D eigenvalue weighted by Crippen LogP contribution is -2.23. The van der Waals surface area contributed by atoms with Gasteiger partial charge in [0.1, 0.15) is 0 Å². The van der Waals surface area contributed by atoms with Crippen LogP contribution in [-0.4, -0.2) is 17.0 Å². The highest BCUT2D eigenvalue weighted by atomic mass is 127. The van der Waals surface area contributed by atoms with E-state index in [1.807, 2.05) is 0 Å². The van der Waals surface area contributed by atoms with Gasteiger partial charge in [-0.1, -0.05) is 49.3 Å². The minimum absolute atomic E-state index is 0.828. The third-order valence-corrected chi connectivity index (χ3v) is 2.74. The summed E-state index contributed by atoms with van der Waals surface area (Å²) in [7, 11) is 0. The molecule has 0 fully saturated rings. The summed E-state index contributed by atoms with van der Waals surface area (Å²) < 4.78 is 0.828. The highest BCUT2D eigenvalue weighted by Crippen LogP contribution is 2.06. The zero-order chi connectivity index (χ0) is 8.53. The first-order valence-electron chi connectivity index (χ1n) is 4.66. The maximum Gasteiger partial charge on any atom is 0.0234 e. The Morgan fingerprint density at radius 3 is 2.55 bits per heavy atom. The van der Waals surface area contributed by atoms with Gasteiger partial charge in [0.25, 0.3) is 0 Å². The van der Waals surface area contributed by atoms with Gasteiger partial charge in [-0.15, -0.1) is 0 Å². The average molecular weight is 269 g/mol. The zero-order valence-corrected chi connectivity index (χ0v) is 9.86. The Kier molecular flexibility index (Phi) is 9.33. The van der Waals surface area contributed by atoms with Crippen molar-refractivity contribution in [1.82, 2.24) is 5.32 Å². The maximum atomic E-state index is 3.46. The molecule has 11 heavy (non-hydrogen) atoms. The molecule has 1 nitrogen and oxygen atoms in total. The number of hydrogen-bond donors (Lipinski definition) is 1. The molecule has 0 saturated carbocycles. The summed E-state index contributed by atoms with van der Waals surface area (Å²) in [5.74, 6) is 0. The van der Waals surface area contributed by atoms with E-state index in [4.69, 9.17) is 0 Å². The second kappa shape index (κ2) is 8.78. The predicted molar refractivity (Wildman–Crippen MR) is 60.5 cm³/mol. The molecule has 0 aliphatic rings. The molecule has 0 unspecified atom stereocenters. The summed E-state index contributed by atoms with van der Waals surface area (Å²) in [5.41, 5.74) is 0. The minimum atomic E-state index is 0.828. The number of halogens is 1. The Morgan fingerprint density at radius 1 is 1.27 bits per heavy atom. The van der Waals surface area contributed by atoms with E-state index in [-0.39, 0.29) is 0 Å². The molecule has 68 valence electrons. The van der Waals surface area contributed by atoms with Gasteiger partial charge in [0.05, 0.1) is 0 Å². The molecule has 0 heterocycles. The largest absolute Gasteiger partial charge is 0.316 e. The van der Waals surface area contributed by atoms with Crippen LogP contribution in [0.5, 0.6) is 0 Å². The number of alkyl halides is 1. The Balaban J connectivity index is 2.97. The molecule has 0 aromatic carbocycles. The third kappa shape index (κ3) is 8.60. The first-order chi connectivity index (χ1) is 5.31. The number of nitrogens with one attached hydrogen (secondary N) is 1. The van der Waals surface area contributed by atoms with E-state index in [1.54, 1.807) is 0 Å². The lowest BCUT2D eigenvalue weighted by atomic mass is 10.2. The molecule has 0 aliphatic carbocycles. The molecular weight excluding hydrogens is 249 g/mol. The fraction of sp³-hybridized carbons (Fsp3) is 1.00. The first kappa shape index (κ1) is 11.7. The topological polar surface area (TPSA) is 12.0 Å². The van der Waals surface area contributed by atoms with Crippen LogP contribution >= 0.6 is 22.6 Å². The molecule has 0 amide bonds. The molecule has 0 radical (unpaired) electrons. The van der Waals surface area contributed by atoms with E-state index in [9.17, 15) is 0 Å². The molecule has 0 rings (SSSR count). The van der Waals surface area contributed by atoms with E-state index in [1.165, 1.54) is 38.8 Å². The van der Waals surface area contributed by atoms with Crippen molar-refractivity contribution in [3.05, 3.63) is 0 Å². The van der Waals surface area contributed by atoms with Crippen LogP contribution in [0.15, 0.2) is 0 Å². The van der Waals surface area contributed by atoms with Crippen LogP contribution in [0.25, 0.3) is 0 Å². The zero-order valence-electron chi connectivity index (χ0n) is 7.70. The van der Waals surface area contributed by atoms with Gasteiger partial charge in [-0.25, -0.2) is 0 Å². The summed E-state index contributed by atoms with van der Waals surface area (Å²) in [6, 6.07) is 0. The van der Waals surface area contributed by atoms with E-state index in [2.05, 4.69) is 41.8 Å². The fourth-order valence-electron chi connectivity index (χ4n) is 0.976. The second-order valence-electron chi connectivity index (χ2n) is 2.94. The summed E-state index contributed by atoms with van der Waals surface area (Å²) in [6.07, 6.45) is 5.27. The smallest absolute Gasteiger partial charge is 0.0234 e. The summed E-state index contributed by atoms with van der Waals surface area (Å²) in [5, 5.41) is 3.46. The van der Waals surface area contributed by atoms with Gasteiger partial charge >= 0.3 is 0 Å². The standard InChI is InChI=1S/C9H20IN/c1-3-5-7-11-8-9(10)6-4-2/h9,11H,3-8H2,1-2H3/t9-/m0/s1.